The minimum atomic E-state index is -0.609. The molecular formula is C28H36N4O5. The smallest absolute Gasteiger partial charge is 0.252 e. The van der Waals surface area contributed by atoms with Crippen LogP contribution in [0.5, 0.6) is 5.75 Å². The van der Waals surface area contributed by atoms with Crippen LogP contribution in [0.1, 0.15) is 82.1 Å². The number of hydrogen-bond donors (Lipinski definition) is 2. The van der Waals surface area contributed by atoms with Gasteiger partial charge in [-0.3, -0.25) is 14.4 Å². The van der Waals surface area contributed by atoms with E-state index in [0.717, 1.165) is 37.9 Å². The van der Waals surface area contributed by atoms with Crippen molar-refractivity contribution < 1.29 is 23.9 Å². The van der Waals surface area contributed by atoms with Gasteiger partial charge in [0.25, 0.3) is 11.8 Å². The van der Waals surface area contributed by atoms with E-state index in [-0.39, 0.29) is 47.7 Å². The van der Waals surface area contributed by atoms with Gasteiger partial charge in [-0.15, -0.1) is 0 Å². The lowest BCUT2D eigenvalue weighted by atomic mass is 9.96. The number of ketones is 1. The molecule has 0 saturated carbocycles. The number of benzene rings is 1. The second-order valence-electron chi connectivity index (χ2n) is 9.88. The number of carbonyl (C=O) groups excluding carboxylic acids is 3. The minimum absolute atomic E-state index is 0.0275. The molecule has 9 nitrogen and oxygen atoms in total. The molecule has 2 aliphatic rings. The number of nitrogens with one attached hydrogen (secondary N) is 1. The Balaban J connectivity index is 1.44. The number of ether oxygens (including phenoxy) is 2. The van der Waals surface area contributed by atoms with E-state index in [1.54, 1.807) is 32.4 Å². The number of piperidine rings is 1. The summed E-state index contributed by atoms with van der Waals surface area (Å²) in [6, 6.07) is 7.60. The van der Waals surface area contributed by atoms with Gasteiger partial charge < -0.3 is 25.4 Å². The van der Waals surface area contributed by atoms with Gasteiger partial charge in [-0.05, 0) is 68.9 Å². The first kappa shape index (κ1) is 26.6. The summed E-state index contributed by atoms with van der Waals surface area (Å²) in [7, 11) is 1.56. The second-order valence-corrected chi connectivity index (χ2v) is 9.88. The molecule has 2 aliphatic heterocycles. The Morgan fingerprint density at radius 1 is 1.11 bits per heavy atom. The van der Waals surface area contributed by atoms with E-state index < -0.39 is 5.91 Å². The average Bonchev–Trinajstić information content (AvgIpc) is 3.14. The maximum Gasteiger partial charge on any atom is 0.252 e. The lowest BCUT2D eigenvalue weighted by Crippen LogP contribution is -2.50. The minimum Gasteiger partial charge on any atom is -0.490 e. The first-order chi connectivity index (χ1) is 17.8. The molecule has 37 heavy (non-hydrogen) atoms. The van der Waals surface area contributed by atoms with Crippen molar-refractivity contribution in [2.24, 2.45) is 5.73 Å². The lowest BCUT2D eigenvalue weighted by Gasteiger charge is -2.40. The number of fused-ring (bicyclic) bond motifs is 2. The summed E-state index contributed by atoms with van der Waals surface area (Å²) in [6.45, 7) is 4.37. The Morgan fingerprint density at radius 2 is 1.84 bits per heavy atom. The van der Waals surface area contributed by atoms with E-state index in [0.29, 0.717) is 29.7 Å². The van der Waals surface area contributed by atoms with Crippen LogP contribution in [-0.4, -0.2) is 61.0 Å². The molecule has 0 aliphatic carbocycles. The van der Waals surface area contributed by atoms with Crippen LogP contribution in [0, 0.1) is 6.92 Å². The fourth-order valence-electron chi connectivity index (χ4n) is 5.49. The number of carbonyl (C=O) groups is 3. The summed E-state index contributed by atoms with van der Waals surface area (Å²) in [4.78, 5) is 44.3. The number of nitrogens with zero attached hydrogens (tertiary/aromatic N) is 2. The van der Waals surface area contributed by atoms with Crippen LogP contribution in [0.4, 0.5) is 5.82 Å². The number of anilines is 1. The molecule has 1 aromatic carbocycles. The van der Waals surface area contributed by atoms with Gasteiger partial charge in [0.2, 0.25) is 0 Å². The molecule has 2 saturated heterocycles. The van der Waals surface area contributed by atoms with Crippen LogP contribution in [0.2, 0.25) is 0 Å². The zero-order chi connectivity index (χ0) is 26.5. The van der Waals surface area contributed by atoms with Crippen LogP contribution in [0.15, 0.2) is 30.5 Å². The number of rotatable bonds is 11. The fourth-order valence-corrected chi connectivity index (χ4v) is 5.49. The van der Waals surface area contributed by atoms with Gasteiger partial charge in [0.05, 0.1) is 12.2 Å². The number of pyridine rings is 1. The average molecular weight is 509 g/mol. The molecule has 2 fully saturated rings. The Hall–Kier alpha value is -3.46. The lowest BCUT2D eigenvalue weighted by molar-refractivity contribution is 0.0922. The summed E-state index contributed by atoms with van der Waals surface area (Å²) in [5.41, 5.74) is 7.54. The van der Waals surface area contributed by atoms with Gasteiger partial charge in [0.1, 0.15) is 18.2 Å². The molecule has 2 unspecified atom stereocenters. The topological polar surface area (TPSA) is 124 Å². The van der Waals surface area contributed by atoms with E-state index >= 15 is 0 Å². The molecule has 2 bridgehead atoms. The van der Waals surface area contributed by atoms with Crippen molar-refractivity contribution in [3.63, 3.8) is 0 Å². The third kappa shape index (κ3) is 5.93. The highest BCUT2D eigenvalue weighted by Gasteiger charge is 2.42. The predicted octanol–water partition coefficient (Wildman–Crippen LogP) is 3.43. The molecule has 3 heterocycles. The highest BCUT2D eigenvalue weighted by atomic mass is 16.5. The molecule has 198 valence electrons. The molecule has 2 atom stereocenters. The van der Waals surface area contributed by atoms with Crippen LogP contribution >= 0.6 is 0 Å². The van der Waals surface area contributed by atoms with Crippen molar-refractivity contribution in [1.82, 2.24) is 10.3 Å². The van der Waals surface area contributed by atoms with Crippen molar-refractivity contribution in [2.75, 3.05) is 25.2 Å². The van der Waals surface area contributed by atoms with E-state index in [4.69, 9.17) is 15.2 Å². The molecule has 2 amide bonds. The van der Waals surface area contributed by atoms with Crippen molar-refractivity contribution in [2.45, 2.75) is 70.5 Å². The number of aryl methyl sites for hydroxylation is 1. The van der Waals surface area contributed by atoms with Crippen LogP contribution in [-0.2, 0) is 4.74 Å². The highest BCUT2D eigenvalue weighted by Crippen LogP contribution is 2.38. The van der Waals surface area contributed by atoms with Crippen LogP contribution < -0.4 is 20.7 Å². The molecule has 0 radical (unpaired) electrons. The molecule has 2 aromatic rings. The SMILES string of the molecule is CCCC(=O)c1ccc(N2C3CCC2CC(NC(=O)c2cc(OCCOC)c(C(N)=O)cc2C)C3)nc1. The van der Waals surface area contributed by atoms with E-state index in [1.807, 2.05) is 19.1 Å². The Bertz CT molecular complexity index is 1140. The highest BCUT2D eigenvalue weighted by molar-refractivity contribution is 6.01. The third-order valence-electron chi connectivity index (χ3n) is 7.26. The van der Waals surface area contributed by atoms with E-state index in [1.165, 1.54) is 0 Å². The van der Waals surface area contributed by atoms with Crippen molar-refractivity contribution in [3.8, 4) is 5.75 Å². The third-order valence-corrected chi connectivity index (χ3v) is 7.26. The van der Waals surface area contributed by atoms with Gasteiger partial charge >= 0.3 is 0 Å². The molecule has 3 N–H and O–H groups in total. The van der Waals surface area contributed by atoms with E-state index in [2.05, 4.69) is 15.2 Å². The Labute approximate surface area is 217 Å². The summed E-state index contributed by atoms with van der Waals surface area (Å²) >= 11 is 0. The van der Waals surface area contributed by atoms with Gasteiger partial charge in [-0.2, -0.15) is 0 Å². The van der Waals surface area contributed by atoms with Crippen molar-refractivity contribution >= 4 is 23.4 Å². The van der Waals surface area contributed by atoms with Crippen molar-refractivity contribution in [3.05, 3.63) is 52.7 Å². The summed E-state index contributed by atoms with van der Waals surface area (Å²) in [6.07, 6.45) is 6.75. The zero-order valence-electron chi connectivity index (χ0n) is 21.8. The fraction of sp³-hybridized carbons (Fsp3) is 0.500. The Morgan fingerprint density at radius 3 is 2.43 bits per heavy atom. The number of nitrogens with two attached hydrogens (primary N) is 1. The molecule has 4 rings (SSSR count). The number of Topliss-reactive ketones (excluding diaryl/α,β-unsaturated/α-hetero) is 1. The molecule has 1 aromatic heterocycles. The number of methoxy groups -OCH3 is 1. The summed E-state index contributed by atoms with van der Waals surface area (Å²) in [5, 5.41) is 3.20. The van der Waals surface area contributed by atoms with Crippen molar-refractivity contribution in [1.29, 1.82) is 0 Å². The van der Waals surface area contributed by atoms with Gasteiger partial charge in [-0.25, -0.2) is 4.98 Å². The second kappa shape index (κ2) is 11.7. The maximum atomic E-state index is 13.3. The van der Waals surface area contributed by atoms with Crippen LogP contribution in [0.25, 0.3) is 0 Å². The zero-order valence-corrected chi connectivity index (χ0v) is 21.8. The monoisotopic (exact) mass is 508 g/mol. The number of hydrogen-bond acceptors (Lipinski definition) is 7. The largest absolute Gasteiger partial charge is 0.490 e. The predicted molar refractivity (Wildman–Crippen MR) is 140 cm³/mol. The standard InChI is InChI=1S/C28H36N4O5/c1-4-5-24(33)18-6-9-26(30-16-18)32-20-7-8-21(32)14-19(13-20)31-28(35)22-15-25(37-11-10-36-3)23(27(29)34)12-17(22)2/h6,9,12,15-16,19-21H,4-5,7-8,10-11,13-14H2,1-3H3,(H2,29,34)(H,31,35). The number of aromatic nitrogens is 1. The van der Waals surface area contributed by atoms with Gasteiger partial charge in [-0.1, -0.05) is 6.92 Å². The normalized spacial score (nSPS) is 20.5. The van der Waals surface area contributed by atoms with E-state index in [9.17, 15) is 14.4 Å². The summed E-state index contributed by atoms with van der Waals surface area (Å²) in [5.74, 6) is 0.489. The van der Waals surface area contributed by atoms with Gasteiger partial charge in [0, 0.05) is 49.0 Å². The number of amides is 2. The van der Waals surface area contributed by atoms with Gasteiger partial charge in [0.15, 0.2) is 5.78 Å². The van der Waals surface area contributed by atoms with Crippen LogP contribution in [0.3, 0.4) is 0 Å². The molecule has 0 spiro atoms. The maximum absolute atomic E-state index is 13.3. The first-order valence-corrected chi connectivity index (χ1v) is 13.0. The molecule has 9 heteroatoms. The molecular weight excluding hydrogens is 472 g/mol. The number of primary amides is 1. The quantitative estimate of drug-likeness (QED) is 0.352. The first-order valence-electron chi connectivity index (χ1n) is 13.0. The summed E-state index contributed by atoms with van der Waals surface area (Å²) < 4.78 is 10.7. The Kier molecular flexibility index (Phi) is 8.43.